The van der Waals surface area contributed by atoms with Gasteiger partial charge in [0.2, 0.25) is 0 Å². The molecule has 1 aliphatic heterocycles. The fourth-order valence-electron chi connectivity index (χ4n) is 3.40. The first-order chi connectivity index (χ1) is 14.0. The van der Waals surface area contributed by atoms with Crippen LogP contribution in [0.25, 0.3) is 11.3 Å². The Morgan fingerprint density at radius 1 is 1.00 bits per heavy atom. The summed E-state index contributed by atoms with van der Waals surface area (Å²) in [6, 6.07) is 14.7. The number of hydrogen-bond acceptors (Lipinski definition) is 4. The molecule has 1 saturated heterocycles. The van der Waals surface area contributed by atoms with Gasteiger partial charge in [-0.25, -0.2) is 0 Å². The second-order valence-corrected chi connectivity index (χ2v) is 7.64. The minimum absolute atomic E-state index is 0.0537. The van der Waals surface area contributed by atoms with Gasteiger partial charge in [0.15, 0.2) is 5.82 Å². The van der Waals surface area contributed by atoms with Gasteiger partial charge in [0.25, 0.3) is 5.91 Å². The van der Waals surface area contributed by atoms with Crippen LogP contribution in [0.3, 0.4) is 0 Å². The molecule has 2 heterocycles. The molecule has 0 saturated carbocycles. The van der Waals surface area contributed by atoms with Crippen molar-refractivity contribution in [1.82, 2.24) is 15.1 Å². The molecule has 150 valence electrons. The molecule has 6 nitrogen and oxygen atoms in total. The van der Waals surface area contributed by atoms with Crippen LogP contribution in [0.5, 0.6) is 5.75 Å². The Labute approximate surface area is 179 Å². The molecular weight excluding hydrogens is 411 g/mol. The van der Waals surface area contributed by atoms with Crippen molar-refractivity contribution >= 4 is 34.9 Å². The third kappa shape index (κ3) is 4.18. The van der Waals surface area contributed by atoms with Gasteiger partial charge in [0, 0.05) is 42.3 Å². The van der Waals surface area contributed by atoms with E-state index in [1.54, 1.807) is 18.2 Å². The number of halogens is 2. The van der Waals surface area contributed by atoms with Crippen LogP contribution in [0.1, 0.15) is 10.4 Å². The minimum Gasteiger partial charge on any atom is -0.496 e. The van der Waals surface area contributed by atoms with Gasteiger partial charge in [-0.2, -0.15) is 5.10 Å². The van der Waals surface area contributed by atoms with Crippen molar-refractivity contribution in [2.75, 3.05) is 38.2 Å². The molecule has 0 radical (unpaired) electrons. The van der Waals surface area contributed by atoms with Gasteiger partial charge < -0.3 is 14.5 Å². The summed E-state index contributed by atoms with van der Waals surface area (Å²) < 4.78 is 5.32. The molecule has 4 rings (SSSR count). The van der Waals surface area contributed by atoms with Crippen molar-refractivity contribution < 1.29 is 9.53 Å². The van der Waals surface area contributed by atoms with Gasteiger partial charge in [0.05, 0.1) is 18.4 Å². The lowest BCUT2D eigenvalue weighted by Crippen LogP contribution is -2.49. The number of rotatable bonds is 4. The molecule has 8 heteroatoms. The van der Waals surface area contributed by atoms with Crippen LogP contribution >= 0.6 is 23.2 Å². The smallest absolute Gasteiger partial charge is 0.257 e. The third-order valence-electron chi connectivity index (χ3n) is 5.00. The standard InChI is InChI=1S/C21H20Cl2N4O2/c1-29-19-12-16(23)6-7-17(19)21(28)27-10-8-26(9-11-27)20-13-18(24-25-20)14-2-4-15(22)5-3-14/h2-7,12-13H,8-11H2,1H3,(H,24,25). The summed E-state index contributed by atoms with van der Waals surface area (Å²) in [5, 5.41) is 8.75. The van der Waals surface area contributed by atoms with E-state index in [0.29, 0.717) is 47.5 Å². The molecule has 1 aromatic heterocycles. The Kier molecular flexibility index (Phi) is 5.65. The predicted molar refractivity (Wildman–Crippen MR) is 115 cm³/mol. The zero-order valence-electron chi connectivity index (χ0n) is 15.9. The number of nitrogens with zero attached hydrogens (tertiary/aromatic N) is 3. The van der Waals surface area contributed by atoms with E-state index in [0.717, 1.165) is 17.1 Å². The summed E-state index contributed by atoms with van der Waals surface area (Å²) in [6.07, 6.45) is 0. The SMILES string of the molecule is COc1cc(Cl)ccc1C(=O)N1CCN(c2cc(-c3ccc(Cl)cc3)[nH]n2)CC1. The number of ether oxygens (including phenoxy) is 1. The van der Waals surface area contributed by atoms with E-state index in [9.17, 15) is 4.79 Å². The molecule has 0 unspecified atom stereocenters. The number of hydrogen-bond donors (Lipinski definition) is 1. The number of H-pyrrole nitrogens is 1. The first-order valence-corrected chi connectivity index (χ1v) is 10.00. The van der Waals surface area contributed by atoms with Crippen LogP contribution < -0.4 is 9.64 Å². The molecule has 1 N–H and O–H groups in total. The first kappa shape index (κ1) is 19.6. The Morgan fingerprint density at radius 3 is 2.38 bits per heavy atom. The summed E-state index contributed by atoms with van der Waals surface area (Å²) in [4.78, 5) is 16.9. The Balaban J connectivity index is 1.42. The van der Waals surface area contributed by atoms with Crippen molar-refractivity contribution in [3.05, 3.63) is 64.1 Å². The summed E-state index contributed by atoms with van der Waals surface area (Å²) in [5.74, 6) is 1.30. The second-order valence-electron chi connectivity index (χ2n) is 6.77. The molecule has 0 spiro atoms. The topological polar surface area (TPSA) is 61.5 Å². The van der Waals surface area contributed by atoms with Crippen molar-refractivity contribution in [2.24, 2.45) is 0 Å². The number of carbonyl (C=O) groups excluding carboxylic acids is 1. The van der Waals surface area contributed by atoms with E-state index in [4.69, 9.17) is 27.9 Å². The number of carbonyl (C=O) groups is 1. The molecular formula is C21H20Cl2N4O2. The number of piperazine rings is 1. The monoisotopic (exact) mass is 430 g/mol. The molecule has 0 aliphatic carbocycles. The lowest BCUT2D eigenvalue weighted by molar-refractivity contribution is 0.0743. The van der Waals surface area contributed by atoms with E-state index >= 15 is 0 Å². The highest BCUT2D eigenvalue weighted by Crippen LogP contribution is 2.26. The molecule has 29 heavy (non-hydrogen) atoms. The number of aromatic amines is 1. The summed E-state index contributed by atoms with van der Waals surface area (Å²) in [6.45, 7) is 2.61. The van der Waals surface area contributed by atoms with E-state index in [2.05, 4.69) is 15.1 Å². The lowest BCUT2D eigenvalue weighted by atomic mass is 10.1. The molecule has 1 fully saturated rings. The van der Waals surface area contributed by atoms with Crippen LogP contribution in [0.15, 0.2) is 48.5 Å². The minimum atomic E-state index is -0.0537. The summed E-state index contributed by atoms with van der Waals surface area (Å²) in [7, 11) is 1.54. The van der Waals surface area contributed by atoms with Crippen LogP contribution in [-0.2, 0) is 0 Å². The zero-order valence-corrected chi connectivity index (χ0v) is 17.4. The number of anilines is 1. The highest BCUT2D eigenvalue weighted by Gasteiger charge is 2.25. The quantitative estimate of drug-likeness (QED) is 0.667. The Morgan fingerprint density at radius 2 is 1.69 bits per heavy atom. The Hall–Kier alpha value is -2.70. The molecule has 1 aliphatic rings. The average Bonchev–Trinajstić information content (AvgIpc) is 3.24. The second kappa shape index (κ2) is 8.35. The zero-order chi connectivity index (χ0) is 20.4. The molecule has 2 aromatic carbocycles. The average molecular weight is 431 g/mol. The number of nitrogens with one attached hydrogen (secondary N) is 1. The van der Waals surface area contributed by atoms with E-state index < -0.39 is 0 Å². The number of aromatic nitrogens is 2. The van der Waals surface area contributed by atoms with Crippen LogP contribution in [0.2, 0.25) is 10.0 Å². The highest BCUT2D eigenvalue weighted by atomic mass is 35.5. The third-order valence-corrected chi connectivity index (χ3v) is 5.49. The summed E-state index contributed by atoms with van der Waals surface area (Å²) >= 11 is 12.0. The van der Waals surface area contributed by atoms with Crippen molar-refractivity contribution in [3.63, 3.8) is 0 Å². The first-order valence-electron chi connectivity index (χ1n) is 9.24. The lowest BCUT2D eigenvalue weighted by Gasteiger charge is -2.35. The van der Waals surface area contributed by atoms with Crippen LogP contribution in [-0.4, -0.2) is 54.3 Å². The van der Waals surface area contributed by atoms with Crippen LogP contribution in [0.4, 0.5) is 5.82 Å². The van der Waals surface area contributed by atoms with E-state index in [1.165, 1.54) is 7.11 Å². The van der Waals surface area contributed by atoms with Crippen molar-refractivity contribution in [1.29, 1.82) is 0 Å². The molecule has 0 atom stereocenters. The normalized spacial score (nSPS) is 14.2. The fourth-order valence-corrected chi connectivity index (χ4v) is 3.69. The molecule has 0 bridgehead atoms. The van der Waals surface area contributed by atoms with Crippen molar-refractivity contribution in [3.8, 4) is 17.0 Å². The van der Waals surface area contributed by atoms with Gasteiger partial charge in [-0.05, 0) is 35.9 Å². The highest BCUT2D eigenvalue weighted by molar-refractivity contribution is 6.31. The number of benzene rings is 2. The number of methoxy groups -OCH3 is 1. The van der Waals surface area contributed by atoms with E-state index in [1.807, 2.05) is 35.2 Å². The van der Waals surface area contributed by atoms with Crippen molar-refractivity contribution in [2.45, 2.75) is 0 Å². The van der Waals surface area contributed by atoms with Gasteiger partial charge in [0.1, 0.15) is 5.75 Å². The van der Waals surface area contributed by atoms with Crippen LogP contribution in [0, 0.1) is 0 Å². The fraction of sp³-hybridized carbons (Fsp3) is 0.238. The van der Waals surface area contributed by atoms with Gasteiger partial charge >= 0.3 is 0 Å². The maximum atomic E-state index is 12.9. The molecule has 1 amide bonds. The van der Waals surface area contributed by atoms with E-state index in [-0.39, 0.29) is 5.91 Å². The van der Waals surface area contributed by atoms with Gasteiger partial charge in [-0.1, -0.05) is 35.3 Å². The molecule has 3 aromatic rings. The maximum absolute atomic E-state index is 12.9. The van der Waals surface area contributed by atoms with Gasteiger partial charge in [-0.15, -0.1) is 0 Å². The summed E-state index contributed by atoms with van der Waals surface area (Å²) in [5.41, 5.74) is 2.48. The van der Waals surface area contributed by atoms with Gasteiger partial charge in [-0.3, -0.25) is 9.89 Å². The number of amides is 1. The Bertz CT molecular complexity index is 1010. The predicted octanol–water partition coefficient (Wildman–Crippen LogP) is 4.35. The largest absolute Gasteiger partial charge is 0.496 e. The maximum Gasteiger partial charge on any atom is 0.257 e.